The first-order valence-corrected chi connectivity index (χ1v) is 4.33. The summed E-state index contributed by atoms with van der Waals surface area (Å²) in [4.78, 5) is 0.593. The maximum atomic E-state index is 13.3. The Balaban J connectivity index is 3.08. The van der Waals surface area contributed by atoms with Crippen LogP contribution in [0.1, 0.15) is 5.69 Å². The highest BCUT2D eigenvalue weighted by Crippen LogP contribution is 2.23. The standard InChI is InChI=1S/C8H11FN2S/c1-4-6-8(9)7(12-10-2)5-11(6)3/h4-5,10H,1H2,2-3H3. The number of aryl methyl sites for hydroxylation is 1. The first kappa shape index (κ1) is 9.35. The van der Waals surface area contributed by atoms with E-state index in [1.807, 2.05) is 0 Å². The molecule has 12 heavy (non-hydrogen) atoms. The van der Waals surface area contributed by atoms with E-state index in [0.29, 0.717) is 10.6 Å². The lowest BCUT2D eigenvalue weighted by atomic mass is 10.4. The fraction of sp³-hybridized carbons (Fsp3) is 0.250. The van der Waals surface area contributed by atoms with Gasteiger partial charge in [-0.15, -0.1) is 0 Å². The fourth-order valence-electron chi connectivity index (χ4n) is 0.998. The highest BCUT2D eigenvalue weighted by molar-refractivity contribution is 7.97. The Bertz CT molecular complexity index is 293. The minimum absolute atomic E-state index is 0.216. The van der Waals surface area contributed by atoms with Crippen molar-refractivity contribution in [1.82, 2.24) is 9.29 Å². The molecule has 0 atom stereocenters. The largest absolute Gasteiger partial charge is 0.347 e. The van der Waals surface area contributed by atoms with E-state index in [0.717, 1.165) is 0 Å². The third kappa shape index (κ3) is 1.54. The summed E-state index contributed by atoms with van der Waals surface area (Å²) in [7, 11) is 3.55. The van der Waals surface area contributed by atoms with Crippen LogP contribution in [0.2, 0.25) is 0 Å². The van der Waals surface area contributed by atoms with Crippen molar-refractivity contribution in [1.29, 1.82) is 0 Å². The number of hydrogen-bond donors (Lipinski definition) is 1. The molecule has 0 aromatic carbocycles. The number of nitrogens with one attached hydrogen (secondary N) is 1. The van der Waals surface area contributed by atoms with Crippen LogP contribution in [0.25, 0.3) is 6.08 Å². The van der Waals surface area contributed by atoms with E-state index in [2.05, 4.69) is 11.3 Å². The zero-order valence-electron chi connectivity index (χ0n) is 7.10. The Morgan fingerprint density at radius 1 is 1.75 bits per heavy atom. The third-order valence-electron chi connectivity index (χ3n) is 1.54. The monoisotopic (exact) mass is 186 g/mol. The number of hydrogen-bond acceptors (Lipinski definition) is 2. The SMILES string of the molecule is C=Cc1c(F)c(SNC)cn1C. The second kappa shape index (κ2) is 3.78. The van der Waals surface area contributed by atoms with Crippen molar-refractivity contribution in [2.24, 2.45) is 7.05 Å². The lowest BCUT2D eigenvalue weighted by Crippen LogP contribution is -1.90. The minimum atomic E-state index is -0.216. The summed E-state index contributed by atoms with van der Waals surface area (Å²) < 4.78 is 17.9. The molecule has 0 spiro atoms. The van der Waals surface area contributed by atoms with Gasteiger partial charge in [-0.2, -0.15) is 0 Å². The minimum Gasteiger partial charge on any atom is -0.347 e. The molecule has 1 aromatic heterocycles. The molecule has 1 N–H and O–H groups in total. The normalized spacial score (nSPS) is 10.2. The van der Waals surface area contributed by atoms with Gasteiger partial charge in [0.05, 0.1) is 10.6 Å². The summed E-state index contributed by atoms with van der Waals surface area (Å²) in [5, 5.41) is 0. The van der Waals surface area contributed by atoms with Crippen LogP contribution in [0.4, 0.5) is 4.39 Å². The molecule has 0 aliphatic heterocycles. The second-order valence-corrected chi connectivity index (χ2v) is 3.37. The summed E-state index contributed by atoms with van der Waals surface area (Å²) in [6.45, 7) is 3.54. The van der Waals surface area contributed by atoms with Crippen molar-refractivity contribution in [2.45, 2.75) is 4.90 Å². The molecule has 0 saturated carbocycles. The van der Waals surface area contributed by atoms with Gasteiger partial charge in [-0.3, -0.25) is 4.72 Å². The Morgan fingerprint density at radius 3 is 2.83 bits per heavy atom. The van der Waals surface area contributed by atoms with Gasteiger partial charge in [0, 0.05) is 13.2 Å². The molecule has 0 radical (unpaired) electrons. The molecule has 4 heteroatoms. The topological polar surface area (TPSA) is 17.0 Å². The van der Waals surface area contributed by atoms with Gasteiger partial charge in [0.25, 0.3) is 0 Å². The van der Waals surface area contributed by atoms with Crippen LogP contribution < -0.4 is 4.72 Å². The average Bonchev–Trinajstić information content (AvgIpc) is 2.29. The Kier molecular flexibility index (Phi) is 2.94. The highest BCUT2D eigenvalue weighted by Gasteiger charge is 2.10. The van der Waals surface area contributed by atoms with Crippen molar-refractivity contribution >= 4 is 18.0 Å². The van der Waals surface area contributed by atoms with Crippen LogP contribution in [-0.2, 0) is 7.05 Å². The zero-order chi connectivity index (χ0) is 9.14. The maximum Gasteiger partial charge on any atom is 0.163 e. The maximum absolute atomic E-state index is 13.3. The fourth-order valence-corrected chi connectivity index (χ4v) is 1.62. The molecule has 0 amide bonds. The predicted molar refractivity (Wildman–Crippen MR) is 50.4 cm³/mol. The van der Waals surface area contributed by atoms with Crippen molar-refractivity contribution in [3.05, 3.63) is 24.3 Å². The number of aromatic nitrogens is 1. The molecule has 0 aliphatic rings. The van der Waals surface area contributed by atoms with Crippen molar-refractivity contribution in [3.63, 3.8) is 0 Å². The van der Waals surface area contributed by atoms with E-state index in [1.54, 1.807) is 24.9 Å². The van der Waals surface area contributed by atoms with Crippen LogP contribution in [-0.4, -0.2) is 11.6 Å². The van der Waals surface area contributed by atoms with E-state index < -0.39 is 0 Å². The van der Waals surface area contributed by atoms with Gasteiger partial charge >= 0.3 is 0 Å². The lowest BCUT2D eigenvalue weighted by Gasteiger charge is -1.93. The van der Waals surface area contributed by atoms with Gasteiger partial charge in [0.2, 0.25) is 0 Å². The molecule has 0 aliphatic carbocycles. The molecule has 2 nitrogen and oxygen atoms in total. The number of rotatable bonds is 3. The van der Waals surface area contributed by atoms with E-state index in [-0.39, 0.29) is 5.82 Å². The van der Waals surface area contributed by atoms with Gasteiger partial charge in [-0.1, -0.05) is 6.58 Å². The van der Waals surface area contributed by atoms with E-state index >= 15 is 0 Å². The Labute approximate surface area is 75.6 Å². The summed E-state index contributed by atoms with van der Waals surface area (Å²) in [6.07, 6.45) is 3.24. The average molecular weight is 186 g/mol. The molecule has 1 rings (SSSR count). The van der Waals surface area contributed by atoms with Crippen LogP contribution in [0.5, 0.6) is 0 Å². The molecule has 0 unspecified atom stereocenters. The smallest absolute Gasteiger partial charge is 0.163 e. The molecule has 0 saturated heterocycles. The highest BCUT2D eigenvalue weighted by atomic mass is 32.2. The molecular formula is C8H11FN2S. The molecular weight excluding hydrogens is 175 g/mol. The summed E-state index contributed by atoms with van der Waals surface area (Å²) in [5.74, 6) is -0.216. The van der Waals surface area contributed by atoms with E-state index in [1.165, 1.54) is 18.0 Å². The molecule has 66 valence electrons. The second-order valence-electron chi connectivity index (χ2n) is 2.31. The summed E-state index contributed by atoms with van der Waals surface area (Å²) in [6, 6.07) is 0. The van der Waals surface area contributed by atoms with Gasteiger partial charge in [0.1, 0.15) is 0 Å². The number of halogens is 1. The van der Waals surface area contributed by atoms with E-state index in [4.69, 9.17) is 0 Å². The quantitative estimate of drug-likeness (QED) is 0.727. The van der Waals surface area contributed by atoms with Crippen molar-refractivity contribution in [3.8, 4) is 0 Å². The molecule has 0 fully saturated rings. The first-order valence-electron chi connectivity index (χ1n) is 3.51. The third-order valence-corrected chi connectivity index (χ3v) is 2.25. The van der Waals surface area contributed by atoms with Crippen LogP contribution in [0, 0.1) is 5.82 Å². The van der Waals surface area contributed by atoms with Crippen molar-refractivity contribution < 1.29 is 4.39 Å². The summed E-state index contributed by atoms with van der Waals surface area (Å²) in [5.41, 5.74) is 0.521. The van der Waals surface area contributed by atoms with Crippen LogP contribution in [0.15, 0.2) is 17.7 Å². The first-order chi connectivity index (χ1) is 5.70. The van der Waals surface area contributed by atoms with Gasteiger partial charge in [-0.05, 0) is 25.1 Å². The van der Waals surface area contributed by atoms with Crippen LogP contribution >= 0.6 is 11.9 Å². The Hall–Kier alpha value is -0.740. The zero-order valence-corrected chi connectivity index (χ0v) is 7.91. The summed E-state index contributed by atoms with van der Waals surface area (Å²) >= 11 is 1.26. The number of nitrogens with zero attached hydrogens (tertiary/aromatic N) is 1. The van der Waals surface area contributed by atoms with Gasteiger partial charge in [-0.25, -0.2) is 4.39 Å². The van der Waals surface area contributed by atoms with Crippen LogP contribution in [0.3, 0.4) is 0 Å². The van der Waals surface area contributed by atoms with Crippen molar-refractivity contribution in [2.75, 3.05) is 7.05 Å². The van der Waals surface area contributed by atoms with Gasteiger partial charge < -0.3 is 4.57 Å². The Morgan fingerprint density at radius 2 is 2.42 bits per heavy atom. The molecule has 1 heterocycles. The molecule has 1 aromatic rings. The predicted octanol–water partition coefficient (Wildman–Crippen LogP) is 2.03. The van der Waals surface area contributed by atoms with Gasteiger partial charge in [0.15, 0.2) is 5.82 Å². The molecule has 0 bridgehead atoms. The lowest BCUT2D eigenvalue weighted by molar-refractivity contribution is 0.600. The van der Waals surface area contributed by atoms with E-state index in [9.17, 15) is 4.39 Å².